The Kier molecular flexibility index (Phi) is 4.50. The van der Waals surface area contributed by atoms with Gasteiger partial charge in [0, 0.05) is 49.1 Å². The van der Waals surface area contributed by atoms with Crippen LogP contribution in [0.1, 0.15) is 18.2 Å². The number of carbonyl (C=O) groups is 1. The van der Waals surface area contributed by atoms with Gasteiger partial charge in [0.2, 0.25) is 5.91 Å². The van der Waals surface area contributed by atoms with Gasteiger partial charge >= 0.3 is 0 Å². The maximum absolute atomic E-state index is 13.6. The van der Waals surface area contributed by atoms with Crippen molar-refractivity contribution < 1.29 is 9.18 Å². The van der Waals surface area contributed by atoms with Crippen molar-refractivity contribution in [1.29, 1.82) is 0 Å². The molecule has 3 aromatic rings. The highest BCUT2D eigenvalue weighted by molar-refractivity contribution is 5.74. The molecule has 1 aromatic carbocycles. The summed E-state index contributed by atoms with van der Waals surface area (Å²) in [5.41, 5.74) is 3.20. The predicted molar refractivity (Wildman–Crippen MR) is 99.7 cm³/mol. The van der Waals surface area contributed by atoms with Gasteiger partial charge in [-0.3, -0.25) is 9.78 Å². The van der Waals surface area contributed by atoms with E-state index in [-0.39, 0.29) is 11.7 Å². The average molecular weight is 363 g/mol. The molecule has 0 unspecified atom stereocenters. The van der Waals surface area contributed by atoms with Gasteiger partial charge in [-0.05, 0) is 30.3 Å². The highest BCUT2D eigenvalue weighted by Crippen LogP contribution is 2.29. The van der Waals surface area contributed by atoms with Crippen LogP contribution in [0, 0.1) is 5.82 Å². The van der Waals surface area contributed by atoms with E-state index in [2.05, 4.69) is 15.3 Å². The third-order valence-electron chi connectivity index (χ3n) is 4.53. The monoisotopic (exact) mass is 363 g/mol. The van der Waals surface area contributed by atoms with Gasteiger partial charge in [0.1, 0.15) is 11.6 Å². The summed E-state index contributed by atoms with van der Waals surface area (Å²) < 4.78 is 13.6. The van der Waals surface area contributed by atoms with Gasteiger partial charge in [-0.1, -0.05) is 6.07 Å². The summed E-state index contributed by atoms with van der Waals surface area (Å²) in [7, 11) is 0. The molecule has 2 aromatic heterocycles. The lowest BCUT2D eigenvalue weighted by atomic mass is 10.0. The Bertz CT molecular complexity index is 993. The van der Waals surface area contributed by atoms with Crippen LogP contribution in [0.2, 0.25) is 0 Å². The summed E-state index contributed by atoms with van der Waals surface area (Å²) in [6.07, 6.45) is 4.03. The van der Waals surface area contributed by atoms with Crippen molar-refractivity contribution in [1.82, 2.24) is 19.9 Å². The number of fused-ring (bicyclic) bond motifs is 1. The number of hydrogen-bond donors (Lipinski definition) is 1. The highest BCUT2D eigenvalue weighted by atomic mass is 19.1. The first-order valence-corrected chi connectivity index (χ1v) is 8.68. The van der Waals surface area contributed by atoms with Crippen LogP contribution >= 0.6 is 0 Å². The number of anilines is 2. The lowest BCUT2D eigenvalue weighted by Gasteiger charge is -2.29. The minimum absolute atomic E-state index is 0.00978. The van der Waals surface area contributed by atoms with E-state index in [1.807, 2.05) is 12.1 Å². The first-order chi connectivity index (χ1) is 13.1. The van der Waals surface area contributed by atoms with Crippen LogP contribution in [0.5, 0.6) is 0 Å². The highest BCUT2D eigenvalue weighted by Gasteiger charge is 2.24. The Balaban J connectivity index is 1.79. The van der Waals surface area contributed by atoms with Crippen molar-refractivity contribution in [3.05, 3.63) is 65.9 Å². The van der Waals surface area contributed by atoms with E-state index in [1.54, 1.807) is 36.4 Å². The third kappa shape index (κ3) is 3.62. The molecular weight excluding hydrogens is 345 g/mol. The number of halogens is 1. The molecule has 1 aliphatic rings. The molecule has 0 fully saturated rings. The first kappa shape index (κ1) is 17.1. The van der Waals surface area contributed by atoms with E-state index in [9.17, 15) is 9.18 Å². The van der Waals surface area contributed by atoms with Crippen molar-refractivity contribution in [3.8, 4) is 11.4 Å². The second-order valence-corrected chi connectivity index (χ2v) is 6.38. The van der Waals surface area contributed by atoms with E-state index >= 15 is 0 Å². The lowest BCUT2D eigenvalue weighted by Crippen LogP contribution is -2.35. The summed E-state index contributed by atoms with van der Waals surface area (Å²) in [5, 5.41) is 3.20. The Morgan fingerprint density at radius 2 is 2.00 bits per heavy atom. The van der Waals surface area contributed by atoms with E-state index in [0.29, 0.717) is 36.8 Å². The molecule has 0 atom stereocenters. The molecule has 7 heteroatoms. The number of carbonyl (C=O) groups excluding carboxylic acids is 1. The number of hydrogen-bond acceptors (Lipinski definition) is 5. The molecule has 0 radical (unpaired) electrons. The fraction of sp³-hybridized carbons (Fsp3) is 0.200. The molecule has 4 rings (SSSR count). The minimum Gasteiger partial charge on any atom is -0.340 e. The number of pyridine rings is 1. The standard InChI is InChI=1S/C20H18FN5O/c1-13(27)26-10-7-18-17(12-26)20(23-16-4-2-3-15(21)11-16)25-19(24-18)14-5-8-22-9-6-14/h2-6,8-9,11H,7,10,12H2,1H3,(H,23,24,25). The number of rotatable bonds is 3. The zero-order chi connectivity index (χ0) is 18.8. The van der Waals surface area contributed by atoms with Gasteiger partial charge in [0.15, 0.2) is 5.82 Å². The van der Waals surface area contributed by atoms with Crippen LogP contribution < -0.4 is 5.32 Å². The second-order valence-electron chi connectivity index (χ2n) is 6.38. The number of nitrogens with one attached hydrogen (secondary N) is 1. The van der Waals surface area contributed by atoms with Gasteiger partial charge in [0.25, 0.3) is 0 Å². The maximum Gasteiger partial charge on any atom is 0.219 e. The summed E-state index contributed by atoms with van der Waals surface area (Å²) in [6, 6.07) is 9.90. The minimum atomic E-state index is -0.331. The molecule has 0 saturated carbocycles. The molecule has 3 heterocycles. The smallest absolute Gasteiger partial charge is 0.219 e. The van der Waals surface area contributed by atoms with Crippen molar-refractivity contribution in [2.45, 2.75) is 19.9 Å². The van der Waals surface area contributed by atoms with Crippen molar-refractivity contribution in [2.24, 2.45) is 0 Å². The van der Waals surface area contributed by atoms with Gasteiger partial charge < -0.3 is 10.2 Å². The summed E-state index contributed by atoms with van der Waals surface area (Å²) in [5.74, 6) is 0.841. The largest absolute Gasteiger partial charge is 0.340 e. The fourth-order valence-electron chi connectivity index (χ4n) is 3.12. The number of benzene rings is 1. The molecule has 0 saturated heterocycles. The number of nitrogens with zero attached hydrogens (tertiary/aromatic N) is 4. The molecule has 6 nitrogen and oxygen atoms in total. The Morgan fingerprint density at radius 1 is 1.19 bits per heavy atom. The van der Waals surface area contributed by atoms with Gasteiger partial charge in [-0.15, -0.1) is 0 Å². The predicted octanol–water partition coefficient (Wildman–Crippen LogP) is 3.33. The molecule has 136 valence electrons. The molecule has 0 bridgehead atoms. The third-order valence-corrected chi connectivity index (χ3v) is 4.53. The summed E-state index contributed by atoms with van der Waals surface area (Å²) in [6.45, 7) is 2.60. The Morgan fingerprint density at radius 3 is 2.74 bits per heavy atom. The van der Waals surface area contributed by atoms with Crippen molar-refractivity contribution >= 4 is 17.4 Å². The average Bonchev–Trinajstić information content (AvgIpc) is 2.68. The Labute approximate surface area is 156 Å². The SMILES string of the molecule is CC(=O)N1CCc2nc(-c3ccncc3)nc(Nc3cccc(F)c3)c2C1. The van der Waals surface area contributed by atoms with Crippen molar-refractivity contribution in [2.75, 3.05) is 11.9 Å². The topological polar surface area (TPSA) is 71.0 Å². The van der Waals surface area contributed by atoms with Crippen LogP contribution in [0.25, 0.3) is 11.4 Å². The van der Waals surface area contributed by atoms with Crippen LogP contribution in [-0.2, 0) is 17.8 Å². The van der Waals surface area contributed by atoms with Crippen LogP contribution in [-0.4, -0.2) is 32.3 Å². The second kappa shape index (κ2) is 7.11. The molecule has 0 aliphatic carbocycles. The summed E-state index contributed by atoms with van der Waals surface area (Å²) >= 11 is 0. The van der Waals surface area contributed by atoms with E-state index in [4.69, 9.17) is 4.98 Å². The van der Waals surface area contributed by atoms with E-state index in [0.717, 1.165) is 16.8 Å². The van der Waals surface area contributed by atoms with Crippen LogP contribution in [0.4, 0.5) is 15.9 Å². The van der Waals surface area contributed by atoms with Crippen LogP contribution in [0.3, 0.4) is 0 Å². The number of amides is 1. The Hall–Kier alpha value is -3.35. The zero-order valence-electron chi connectivity index (χ0n) is 14.8. The molecule has 1 aliphatic heterocycles. The fourth-order valence-corrected chi connectivity index (χ4v) is 3.12. The maximum atomic E-state index is 13.6. The van der Waals surface area contributed by atoms with Crippen molar-refractivity contribution in [3.63, 3.8) is 0 Å². The lowest BCUT2D eigenvalue weighted by molar-refractivity contribution is -0.129. The van der Waals surface area contributed by atoms with E-state index in [1.165, 1.54) is 12.1 Å². The molecule has 27 heavy (non-hydrogen) atoms. The first-order valence-electron chi connectivity index (χ1n) is 8.68. The van der Waals surface area contributed by atoms with Gasteiger partial charge in [-0.25, -0.2) is 14.4 Å². The zero-order valence-corrected chi connectivity index (χ0v) is 14.8. The summed E-state index contributed by atoms with van der Waals surface area (Å²) in [4.78, 5) is 27.0. The molecule has 0 spiro atoms. The molecule has 1 amide bonds. The molecule has 1 N–H and O–H groups in total. The van der Waals surface area contributed by atoms with E-state index < -0.39 is 0 Å². The van der Waals surface area contributed by atoms with Crippen LogP contribution in [0.15, 0.2) is 48.8 Å². The van der Waals surface area contributed by atoms with Gasteiger partial charge in [-0.2, -0.15) is 0 Å². The quantitative estimate of drug-likeness (QED) is 0.773. The van der Waals surface area contributed by atoms with Gasteiger partial charge in [0.05, 0.1) is 12.2 Å². The number of aromatic nitrogens is 3. The normalized spacial score (nSPS) is 13.2. The molecular formula is C20H18FN5O.